The second-order valence-corrected chi connectivity index (χ2v) is 4.12. The Kier molecular flexibility index (Phi) is 3.83. The van der Waals surface area contributed by atoms with Crippen LogP contribution in [-0.2, 0) is 0 Å². The van der Waals surface area contributed by atoms with Crippen molar-refractivity contribution in [1.82, 2.24) is 15.0 Å². The lowest BCUT2D eigenvalue weighted by Gasteiger charge is -2.05. The van der Waals surface area contributed by atoms with E-state index in [2.05, 4.69) is 15.0 Å². The lowest BCUT2D eigenvalue weighted by atomic mass is 10.3. The number of methoxy groups -OCH3 is 1. The zero-order chi connectivity index (χ0) is 13.0. The van der Waals surface area contributed by atoms with Crippen LogP contribution in [-0.4, -0.2) is 28.3 Å². The molecule has 0 bridgehead atoms. The third kappa shape index (κ3) is 3.01. The van der Waals surface area contributed by atoms with Crippen molar-refractivity contribution in [2.24, 2.45) is 0 Å². The predicted octanol–water partition coefficient (Wildman–Crippen LogP) is 1.98. The van der Waals surface area contributed by atoms with Crippen molar-refractivity contribution in [2.75, 3.05) is 19.1 Å². The summed E-state index contributed by atoms with van der Waals surface area (Å²) < 4.78 is 10.4. The van der Waals surface area contributed by atoms with E-state index in [1.807, 2.05) is 30.5 Å². The first-order valence-electron chi connectivity index (χ1n) is 5.08. The van der Waals surface area contributed by atoms with Crippen LogP contribution >= 0.6 is 11.8 Å². The lowest BCUT2D eigenvalue weighted by Crippen LogP contribution is -2.02. The molecular formula is C11H12N4O2S. The zero-order valence-corrected chi connectivity index (χ0v) is 10.8. The van der Waals surface area contributed by atoms with Crippen LogP contribution in [0.15, 0.2) is 29.2 Å². The van der Waals surface area contributed by atoms with Crippen molar-refractivity contribution in [3.05, 3.63) is 24.3 Å². The van der Waals surface area contributed by atoms with Gasteiger partial charge in [0, 0.05) is 4.90 Å². The van der Waals surface area contributed by atoms with Gasteiger partial charge in [-0.05, 0) is 30.5 Å². The van der Waals surface area contributed by atoms with Crippen molar-refractivity contribution >= 4 is 17.7 Å². The Morgan fingerprint density at radius 1 is 1.06 bits per heavy atom. The Bertz CT molecular complexity index is 533. The average Bonchev–Trinajstić information content (AvgIpc) is 2.39. The number of ether oxygens (including phenoxy) is 2. The van der Waals surface area contributed by atoms with Crippen molar-refractivity contribution < 1.29 is 9.47 Å². The summed E-state index contributed by atoms with van der Waals surface area (Å²) in [4.78, 5) is 12.7. The number of hydrogen-bond donors (Lipinski definition) is 1. The average molecular weight is 264 g/mol. The van der Waals surface area contributed by atoms with E-state index in [4.69, 9.17) is 15.2 Å². The molecule has 0 saturated carbocycles. The lowest BCUT2D eigenvalue weighted by molar-refractivity contribution is 0.360. The molecule has 1 aromatic heterocycles. The van der Waals surface area contributed by atoms with E-state index in [-0.39, 0.29) is 18.0 Å². The van der Waals surface area contributed by atoms with Gasteiger partial charge in [0.25, 0.3) is 0 Å². The van der Waals surface area contributed by atoms with E-state index in [1.54, 1.807) is 11.8 Å². The Hall–Kier alpha value is -2.02. The summed E-state index contributed by atoms with van der Waals surface area (Å²) in [5.41, 5.74) is 5.51. The molecule has 0 saturated heterocycles. The molecule has 1 heterocycles. The first-order valence-corrected chi connectivity index (χ1v) is 6.31. The molecule has 18 heavy (non-hydrogen) atoms. The molecule has 2 aromatic rings. The number of anilines is 1. The highest BCUT2D eigenvalue weighted by molar-refractivity contribution is 7.98. The van der Waals surface area contributed by atoms with Crippen LogP contribution < -0.4 is 15.2 Å². The van der Waals surface area contributed by atoms with Gasteiger partial charge in [-0.1, -0.05) is 0 Å². The molecule has 0 unspecified atom stereocenters. The van der Waals surface area contributed by atoms with Gasteiger partial charge in [-0.3, -0.25) is 0 Å². The van der Waals surface area contributed by atoms with Crippen molar-refractivity contribution in [3.63, 3.8) is 0 Å². The largest absolute Gasteiger partial charge is 0.467 e. The predicted molar refractivity (Wildman–Crippen MR) is 69.1 cm³/mol. The van der Waals surface area contributed by atoms with E-state index < -0.39 is 0 Å². The Morgan fingerprint density at radius 2 is 1.72 bits per heavy atom. The van der Waals surface area contributed by atoms with E-state index in [0.717, 1.165) is 4.90 Å². The minimum absolute atomic E-state index is 0.0533. The van der Waals surface area contributed by atoms with Gasteiger partial charge < -0.3 is 15.2 Å². The molecule has 1 aromatic carbocycles. The second kappa shape index (κ2) is 5.54. The topological polar surface area (TPSA) is 83.2 Å². The fourth-order valence-electron chi connectivity index (χ4n) is 1.24. The van der Waals surface area contributed by atoms with E-state index in [1.165, 1.54) is 7.11 Å². The fraction of sp³-hybridized carbons (Fsp3) is 0.182. The highest BCUT2D eigenvalue weighted by Crippen LogP contribution is 2.23. The molecule has 2 rings (SSSR count). The summed E-state index contributed by atoms with van der Waals surface area (Å²) in [7, 11) is 1.45. The van der Waals surface area contributed by atoms with Gasteiger partial charge in [-0.2, -0.15) is 9.97 Å². The number of hydrogen-bond acceptors (Lipinski definition) is 7. The van der Waals surface area contributed by atoms with Crippen molar-refractivity contribution in [2.45, 2.75) is 4.90 Å². The van der Waals surface area contributed by atoms with Gasteiger partial charge in [0.05, 0.1) is 7.11 Å². The number of rotatable bonds is 4. The molecule has 7 heteroatoms. The highest BCUT2D eigenvalue weighted by Gasteiger charge is 2.06. The molecule has 94 valence electrons. The van der Waals surface area contributed by atoms with Gasteiger partial charge in [0.15, 0.2) is 0 Å². The minimum atomic E-state index is 0.0533. The maximum Gasteiger partial charge on any atom is 0.330 e. The molecule has 2 N–H and O–H groups in total. The molecular weight excluding hydrogens is 252 g/mol. The number of nitrogen functional groups attached to an aromatic ring is 1. The third-order valence-electron chi connectivity index (χ3n) is 2.06. The number of thioether (sulfide) groups is 1. The van der Waals surface area contributed by atoms with Gasteiger partial charge in [-0.15, -0.1) is 16.7 Å². The maximum atomic E-state index is 5.51. The molecule has 0 fully saturated rings. The first kappa shape index (κ1) is 12.4. The third-order valence-corrected chi connectivity index (χ3v) is 2.81. The van der Waals surface area contributed by atoms with Crippen molar-refractivity contribution in [1.29, 1.82) is 0 Å². The van der Waals surface area contributed by atoms with E-state index >= 15 is 0 Å². The highest BCUT2D eigenvalue weighted by atomic mass is 32.2. The SMILES string of the molecule is COc1nc(N)nc(Oc2ccc(SC)cc2)n1. The van der Waals surface area contributed by atoms with Crippen LogP contribution in [0.5, 0.6) is 17.8 Å². The molecule has 0 amide bonds. The zero-order valence-electron chi connectivity index (χ0n) is 9.95. The molecule has 6 nitrogen and oxygen atoms in total. The van der Waals surface area contributed by atoms with Crippen LogP contribution in [0.1, 0.15) is 0 Å². The molecule has 0 radical (unpaired) electrons. The van der Waals surface area contributed by atoms with E-state index in [9.17, 15) is 0 Å². The van der Waals surface area contributed by atoms with Gasteiger partial charge in [0.2, 0.25) is 5.95 Å². The van der Waals surface area contributed by atoms with Gasteiger partial charge in [-0.25, -0.2) is 0 Å². The standard InChI is InChI=1S/C11H12N4O2S/c1-16-10-13-9(12)14-11(15-10)17-7-3-5-8(18-2)6-4-7/h3-6H,1-2H3,(H2,12,13,14,15). The summed E-state index contributed by atoms with van der Waals surface area (Å²) in [6.45, 7) is 0. The summed E-state index contributed by atoms with van der Waals surface area (Å²) in [5, 5.41) is 0. The van der Waals surface area contributed by atoms with Crippen LogP contribution in [0, 0.1) is 0 Å². The molecule has 0 atom stereocenters. The summed E-state index contributed by atoms with van der Waals surface area (Å²) in [6.07, 6.45) is 2.01. The van der Waals surface area contributed by atoms with Crippen molar-refractivity contribution in [3.8, 4) is 17.8 Å². The van der Waals surface area contributed by atoms with E-state index in [0.29, 0.717) is 5.75 Å². The monoisotopic (exact) mass is 264 g/mol. The quantitative estimate of drug-likeness (QED) is 0.845. The van der Waals surface area contributed by atoms with Gasteiger partial charge >= 0.3 is 12.0 Å². The fourth-order valence-corrected chi connectivity index (χ4v) is 1.65. The molecule has 0 spiro atoms. The number of nitrogens with zero attached hydrogens (tertiary/aromatic N) is 3. The molecule has 0 aliphatic rings. The number of aromatic nitrogens is 3. The molecule has 0 aliphatic carbocycles. The Labute approximate surface area is 109 Å². The normalized spacial score (nSPS) is 10.1. The number of nitrogens with two attached hydrogens (primary N) is 1. The first-order chi connectivity index (χ1) is 8.71. The summed E-state index contributed by atoms with van der Waals surface area (Å²) in [5.74, 6) is 0.679. The van der Waals surface area contributed by atoms with Crippen LogP contribution in [0.2, 0.25) is 0 Å². The minimum Gasteiger partial charge on any atom is -0.467 e. The number of benzene rings is 1. The second-order valence-electron chi connectivity index (χ2n) is 3.24. The molecule has 0 aliphatic heterocycles. The van der Waals surface area contributed by atoms with Crippen LogP contribution in [0.25, 0.3) is 0 Å². The Balaban J connectivity index is 2.19. The van der Waals surface area contributed by atoms with Crippen LogP contribution in [0.3, 0.4) is 0 Å². The smallest absolute Gasteiger partial charge is 0.330 e. The summed E-state index contributed by atoms with van der Waals surface area (Å²) in [6, 6.07) is 7.79. The Morgan fingerprint density at radius 3 is 2.33 bits per heavy atom. The van der Waals surface area contributed by atoms with Gasteiger partial charge in [0.1, 0.15) is 5.75 Å². The summed E-state index contributed by atoms with van der Waals surface area (Å²) >= 11 is 1.66. The van der Waals surface area contributed by atoms with Crippen LogP contribution in [0.4, 0.5) is 5.95 Å². The maximum absolute atomic E-state index is 5.51.